The highest BCUT2D eigenvalue weighted by molar-refractivity contribution is 5.67. The summed E-state index contributed by atoms with van der Waals surface area (Å²) in [4.78, 5) is 0. The van der Waals surface area contributed by atoms with Crippen molar-refractivity contribution in [1.29, 1.82) is 5.26 Å². The average molecular weight is 218 g/mol. The monoisotopic (exact) mass is 218 g/mol. The predicted octanol–water partition coefficient (Wildman–Crippen LogP) is 0.800. The normalized spacial score (nSPS) is 16.7. The zero-order chi connectivity index (χ0) is 11.4. The number of nitrogens with two attached hydrogens (primary N) is 1. The summed E-state index contributed by atoms with van der Waals surface area (Å²) in [5.41, 5.74) is 11.1. The number of rotatable bonds is 2. The van der Waals surface area contributed by atoms with Crippen LogP contribution in [0, 0.1) is 11.3 Å². The summed E-state index contributed by atoms with van der Waals surface area (Å²) in [6.45, 7) is 3.12. The van der Waals surface area contributed by atoms with Gasteiger partial charge in [-0.05, 0) is 18.2 Å². The number of morpholine rings is 1. The molecule has 1 aromatic carbocycles. The lowest BCUT2D eigenvalue weighted by atomic mass is 10.2. The highest BCUT2D eigenvalue weighted by Gasteiger charge is 2.11. The molecule has 5 heteroatoms. The third-order valence-electron chi connectivity index (χ3n) is 2.47. The van der Waals surface area contributed by atoms with Crippen molar-refractivity contribution in [3.8, 4) is 6.07 Å². The molecule has 1 aliphatic heterocycles. The highest BCUT2D eigenvalue weighted by Crippen LogP contribution is 2.20. The molecule has 0 aliphatic carbocycles. The second-order valence-electron chi connectivity index (χ2n) is 3.63. The Hall–Kier alpha value is -1.77. The predicted molar refractivity (Wildman–Crippen MR) is 61.6 cm³/mol. The van der Waals surface area contributed by atoms with E-state index in [4.69, 9.17) is 15.7 Å². The number of hydrogen-bond acceptors (Lipinski definition) is 5. The minimum atomic E-state index is 0.574. The van der Waals surface area contributed by atoms with Crippen LogP contribution in [0.3, 0.4) is 0 Å². The summed E-state index contributed by atoms with van der Waals surface area (Å²) in [6, 6.07) is 7.30. The van der Waals surface area contributed by atoms with Gasteiger partial charge in [0.25, 0.3) is 0 Å². The van der Waals surface area contributed by atoms with E-state index < -0.39 is 0 Å². The van der Waals surface area contributed by atoms with Gasteiger partial charge in [-0.25, -0.2) is 5.01 Å². The van der Waals surface area contributed by atoms with Gasteiger partial charge in [-0.2, -0.15) is 5.26 Å². The molecule has 0 amide bonds. The lowest BCUT2D eigenvalue weighted by Crippen LogP contribution is -2.40. The van der Waals surface area contributed by atoms with Crippen molar-refractivity contribution in [2.75, 3.05) is 37.5 Å². The second kappa shape index (κ2) is 4.84. The molecule has 0 spiro atoms. The number of nitrogen functional groups attached to an aromatic ring is 1. The first-order chi connectivity index (χ1) is 7.79. The van der Waals surface area contributed by atoms with Crippen LogP contribution < -0.4 is 11.2 Å². The Morgan fingerprint density at radius 3 is 2.75 bits per heavy atom. The largest absolute Gasteiger partial charge is 0.397 e. The van der Waals surface area contributed by atoms with Gasteiger partial charge in [-0.1, -0.05) is 0 Å². The molecule has 84 valence electrons. The van der Waals surface area contributed by atoms with Crippen molar-refractivity contribution in [3.63, 3.8) is 0 Å². The van der Waals surface area contributed by atoms with E-state index in [0.29, 0.717) is 11.3 Å². The summed E-state index contributed by atoms with van der Waals surface area (Å²) in [7, 11) is 0. The first-order valence-electron chi connectivity index (χ1n) is 5.18. The van der Waals surface area contributed by atoms with E-state index >= 15 is 0 Å². The smallest absolute Gasteiger partial charge is 0.0992 e. The Balaban J connectivity index is 2.06. The zero-order valence-electron chi connectivity index (χ0n) is 8.94. The maximum absolute atomic E-state index is 8.72. The van der Waals surface area contributed by atoms with E-state index in [-0.39, 0.29) is 0 Å². The molecule has 0 saturated carbocycles. The van der Waals surface area contributed by atoms with Gasteiger partial charge in [0.15, 0.2) is 0 Å². The molecule has 3 N–H and O–H groups in total. The van der Waals surface area contributed by atoms with Gasteiger partial charge in [-0.3, -0.25) is 0 Å². The fourth-order valence-electron chi connectivity index (χ4n) is 1.58. The molecule has 1 aliphatic rings. The highest BCUT2D eigenvalue weighted by atomic mass is 16.5. The van der Waals surface area contributed by atoms with Crippen LogP contribution in [-0.2, 0) is 4.74 Å². The molecule has 1 saturated heterocycles. The number of ether oxygens (including phenoxy) is 1. The maximum atomic E-state index is 8.72. The van der Waals surface area contributed by atoms with Crippen molar-refractivity contribution in [2.45, 2.75) is 0 Å². The van der Waals surface area contributed by atoms with Gasteiger partial charge in [0.2, 0.25) is 0 Å². The Labute approximate surface area is 94.4 Å². The van der Waals surface area contributed by atoms with Crippen molar-refractivity contribution in [1.82, 2.24) is 5.01 Å². The van der Waals surface area contributed by atoms with E-state index in [1.165, 1.54) is 0 Å². The minimum absolute atomic E-state index is 0.574. The van der Waals surface area contributed by atoms with Gasteiger partial charge in [0, 0.05) is 13.1 Å². The van der Waals surface area contributed by atoms with Crippen molar-refractivity contribution in [3.05, 3.63) is 23.8 Å². The van der Waals surface area contributed by atoms with E-state index in [1.54, 1.807) is 12.1 Å². The maximum Gasteiger partial charge on any atom is 0.0992 e. The van der Waals surface area contributed by atoms with E-state index in [9.17, 15) is 0 Å². The minimum Gasteiger partial charge on any atom is -0.397 e. The number of nitrogens with zero attached hydrogens (tertiary/aromatic N) is 2. The summed E-state index contributed by atoms with van der Waals surface area (Å²) in [6.07, 6.45) is 0. The van der Waals surface area contributed by atoms with Crippen LogP contribution in [0.5, 0.6) is 0 Å². The summed E-state index contributed by atoms with van der Waals surface area (Å²) in [5.74, 6) is 0. The number of hydrazine groups is 1. The van der Waals surface area contributed by atoms with Crippen LogP contribution in [0.25, 0.3) is 0 Å². The van der Waals surface area contributed by atoms with Gasteiger partial charge in [0.1, 0.15) is 0 Å². The lowest BCUT2D eigenvalue weighted by molar-refractivity contribution is 0.0497. The second-order valence-corrected chi connectivity index (χ2v) is 3.63. The van der Waals surface area contributed by atoms with Crippen LogP contribution >= 0.6 is 0 Å². The fourth-order valence-corrected chi connectivity index (χ4v) is 1.58. The van der Waals surface area contributed by atoms with Crippen LogP contribution in [-0.4, -0.2) is 31.3 Å². The average Bonchev–Trinajstić information content (AvgIpc) is 2.33. The fraction of sp³-hybridized carbons (Fsp3) is 0.364. The summed E-state index contributed by atoms with van der Waals surface area (Å²) in [5, 5.41) is 10.8. The van der Waals surface area contributed by atoms with E-state index in [2.05, 4.69) is 16.5 Å². The molecule has 1 heterocycles. The quantitative estimate of drug-likeness (QED) is 0.718. The Morgan fingerprint density at radius 2 is 2.12 bits per heavy atom. The Morgan fingerprint density at radius 1 is 1.38 bits per heavy atom. The molecule has 0 atom stereocenters. The number of nitriles is 1. The molecule has 1 aromatic rings. The molecule has 5 nitrogen and oxygen atoms in total. The molecule has 2 rings (SSSR count). The van der Waals surface area contributed by atoms with Crippen molar-refractivity contribution < 1.29 is 4.74 Å². The molecule has 1 fully saturated rings. The third kappa shape index (κ3) is 2.42. The van der Waals surface area contributed by atoms with Gasteiger partial charge < -0.3 is 15.9 Å². The number of nitrogens with one attached hydrogen (secondary N) is 1. The summed E-state index contributed by atoms with van der Waals surface area (Å²) < 4.78 is 5.25. The lowest BCUT2D eigenvalue weighted by Gasteiger charge is -2.28. The Kier molecular flexibility index (Phi) is 3.25. The number of benzene rings is 1. The SMILES string of the molecule is N#Cc1ccc(NN2CCOCC2)c(N)c1. The standard InChI is InChI=1S/C11H14N4O/c12-8-9-1-2-11(10(13)7-9)14-15-3-5-16-6-4-15/h1-2,7,14H,3-6,13H2. The van der Waals surface area contributed by atoms with Crippen LogP contribution in [0.4, 0.5) is 11.4 Å². The topological polar surface area (TPSA) is 74.3 Å². The first-order valence-corrected chi connectivity index (χ1v) is 5.18. The van der Waals surface area contributed by atoms with E-state index in [0.717, 1.165) is 32.0 Å². The van der Waals surface area contributed by atoms with Crippen molar-refractivity contribution in [2.24, 2.45) is 0 Å². The van der Waals surface area contributed by atoms with Crippen LogP contribution in [0.2, 0.25) is 0 Å². The summed E-state index contributed by atoms with van der Waals surface area (Å²) >= 11 is 0. The van der Waals surface area contributed by atoms with Gasteiger partial charge in [-0.15, -0.1) is 0 Å². The van der Waals surface area contributed by atoms with E-state index in [1.807, 2.05) is 6.07 Å². The molecule has 0 aromatic heterocycles. The molecular formula is C11H14N4O. The third-order valence-corrected chi connectivity index (χ3v) is 2.47. The molecule has 0 radical (unpaired) electrons. The van der Waals surface area contributed by atoms with Gasteiger partial charge in [0.05, 0.1) is 36.2 Å². The zero-order valence-corrected chi connectivity index (χ0v) is 8.94. The van der Waals surface area contributed by atoms with Crippen LogP contribution in [0.15, 0.2) is 18.2 Å². The van der Waals surface area contributed by atoms with Crippen LogP contribution in [0.1, 0.15) is 5.56 Å². The van der Waals surface area contributed by atoms with Crippen molar-refractivity contribution >= 4 is 11.4 Å². The molecular weight excluding hydrogens is 204 g/mol. The number of hydrogen-bond donors (Lipinski definition) is 2. The molecule has 0 bridgehead atoms. The van der Waals surface area contributed by atoms with Gasteiger partial charge >= 0.3 is 0 Å². The first kappa shape index (κ1) is 10.7. The number of anilines is 2. The Bertz CT molecular complexity index is 407. The molecule has 16 heavy (non-hydrogen) atoms. The molecule has 0 unspecified atom stereocenters.